The molecule has 1 aliphatic heterocycles. The van der Waals surface area contributed by atoms with Crippen LogP contribution in [-0.4, -0.2) is 11.8 Å². The van der Waals surface area contributed by atoms with Gasteiger partial charge in [0.2, 0.25) is 0 Å². The fourth-order valence-electron chi connectivity index (χ4n) is 3.19. The molecule has 5 rings (SSSR count). The van der Waals surface area contributed by atoms with Gasteiger partial charge < -0.3 is 0 Å². The lowest BCUT2D eigenvalue weighted by Gasteiger charge is -2.11. The standard InChI is InChI=1S/C13H10.C8H5NO2/c1-4-10-6-2-8-12-9-3-7-11(5-1)13(10)12;10-7-5-3-1-2-4-6(5)8(11)9-7/h1-8H,9H2;1-4H,(H,9,10,11). The van der Waals surface area contributed by atoms with Crippen molar-refractivity contribution >= 4 is 28.7 Å². The first-order valence-electron chi connectivity index (χ1n) is 7.86. The Hall–Kier alpha value is -3.20. The summed E-state index contributed by atoms with van der Waals surface area (Å²) in [5.74, 6) is -0.601. The molecule has 3 aromatic rings. The number of imide groups is 1. The summed E-state index contributed by atoms with van der Waals surface area (Å²) < 4.78 is 0. The molecule has 0 unspecified atom stereocenters. The summed E-state index contributed by atoms with van der Waals surface area (Å²) in [5, 5.41) is 5.00. The van der Waals surface area contributed by atoms with Crippen molar-refractivity contribution in [2.75, 3.05) is 0 Å². The van der Waals surface area contributed by atoms with E-state index in [-0.39, 0.29) is 11.8 Å². The summed E-state index contributed by atoms with van der Waals surface area (Å²) in [6.45, 7) is 0. The molecule has 0 radical (unpaired) electrons. The second kappa shape index (κ2) is 5.78. The molecule has 24 heavy (non-hydrogen) atoms. The van der Waals surface area contributed by atoms with Gasteiger partial charge in [-0.3, -0.25) is 14.9 Å². The summed E-state index contributed by atoms with van der Waals surface area (Å²) in [4.78, 5) is 21.9. The summed E-state index contributed by atoms with van der Waals surface area (Å²) in [7, 11) is 0. The van der Waals surface area contributed by atoms with Gasteiger partial charge in [-0.15, -0.1) is 0 Å². The first-order chi connectivity index (χ1) is 11.7. The minimum atomic E-state index is -0.300. The zero-order valence-electron chi connectivity index (χ0n) is 13.0. The molecule has 0 saturated carbocycles. The summed E-state index contributed by atoms with van der Waals surface area (Å²) in [5.41, 5.74) is 3.75. The molecule has 0 aromatic heterocycles. The third-order valence-corrected chi connectivity index (χ3v) is 4.30. The van der Waals surface area contributed by atoms with E-state index in [1.807, 2.05) is 0 Å². The van der Waals surface area contributed by atoms with Crippen LogP contribution in [0.1, 0.15) is 31.8 Å². The second-order valence-electron chi connectivity index (χ2n) is 5.80. The van der Waals surface area contributed by atoms with Gasteiger partial charge in [0, 0.05) is 0 Å². The first kappa shape index (κ1) is 14.4. The second-order valence-corrected chi connectivity index (χ2v) is 5.80. The Morgan fingerprint density at radius 1 is 0.750 bits per heavy atom. The van der Waals surface area contributed by atoms with Crippen LogP contribution in [-0.2, 0) is 6.42 Å². The Kier molecular flexibility index (Phi) is 3.47. The zero-order valence-corrected chi connectivity index (χ0v) is 13.0. The maximum absolute atomic E-state index is 10.9. The number of fused-ring (bicyclic) bond motifs is 1. The predicted molar refractivity (Wildman–Crippen MR) is 94.9 cm³/mol. The van der Waals surface area contributed by atoms with E-state index >= 15 is 0 Å². The molecule has 0 fully saturated rings. The van der Waals surface area contributed by atoms with Gasteiger partial charge in [-0.2, -0.15) is 0 Å². The topological polar surface area (TPSA) is 46.2 Å². The summed E-state index contributed by atoms with van der Waals surface area (Å²) in [6.07, 6.45) is 5.53. The number of benzene rings is 3. The van der Waals surface area contributed by atoms with Gasteiger partial charge in [-0.1, -0.05) is 60.7 Å². The number of nitrogens with one attached hydrogen (secondary N) is 1. The summed E-state index contributed by atoms with van der Waals surface area (Å²) >= 11 is 0. The molecule has 116 valence electrons. The molecular weight excluding hydrogens is 298 g/mol. The van der Waals surface area contributed by atoms with Gasteiger partial charge in [0.05, 0.1) is 11.1 Å². The number of rotatable bonds is 0. The summed E-state index contributed by atoms with van der Waals surface area (Å²) in [6, 6.07) is 19.8. The average molecular weight is 313 g/mol. The number of carbonyl (C=O) groups excluding carboxylic acids is 2. The van der Waals surface area contributed by atoms with E-state index in [2.05, 4.69) is 53.9 Å². The van der Waals surface area contributed by atoms with Gasteiger partial charge in [-0.05, 0) is 40.5 Å². The molecular formula is C21H15NO2. The largest absolute Gasteiger partial charge is 0.288 e. The Morgan fingerprint density at radius 3 is 2.12 bits per heavy atom. The normalized spacial score (nSPS) is 14.0. The van der Waals surface area contributed by atoms with Crippen LogP contribution >= 0.6 is 0 Å². The molecule has 2 amide bonds. The number of hydrogen-bond donors (Lipinski definition) is 1. The van der Waals surface area contributed by atoms with Crippen molar-refractivity contribution in [1.82, 2.24) is 5.32 Å². The van der Waals surface area contributed by atoms with Crippen LogP contribution in [0.3, 0.4) is 0 Å². The van der Waals surface area contributed by atoms with Gasteiger partial charge in [0.15, 0.2) is 0 Å². The first-order valence-corrected chi connectivity index (χ1v) is 7.86. The van der Waals surface area contributed by atoms with Crippen LogP contribution in [0.4, 0.5) is 0 Å². The van der Waals surface area contributed by atoms with Crippen LogP contribution in [0.5, 0.6) is 0 Å². The van der Waals surface area contributed by atoms with Crippen molar-refractivity contribution in [2.24, 2.45) is 0 Å². The monoisotopic (exact) mass is 313 g/mol. The minimum absolute atomic E-state index is 0.300. The molecule has 1 N–H and O–H groups in total. The highest BCUT2D eigenvalue weighted by atomic mass is 16.2. The quantitative estimate of drug-likeness (QED) is 0.638. The van der Waals surface area contributed by atoms with E-state index in [0.717, 1.165) is 6.42 Å². The van der Waals surface area contributed by atoms with E-state index in [9.17, 15) is 9.59 Å². The average Bonchev–Trinajstić information content (AvgIpc) is 2.91. The number of carbonyl (C=O) groups is 2. The maximum Gasteiger partial charge on any atom is 0.258 e. The Morgan fingerprint density at radius 2 is 1.42 bits per heavy atom. The molecule has 0 bridgehead atoms. The van der Waals surface area contributed by atoms with E-state index in [4.69, 9.17) is 0 Å². The number of amides is 2. The number of allylic oxidation sites excluding steroid dienone is 1. The Bertz CT molecular complexity index is 963. The van der Waals surface area contributed by atoms with Gasteiger partial charge >= 0.3 is 0 Å². The molecule has 3 heteroatoms. The fraction of sp³-hybridized carbons (Fsp3) is 0.0476. The Labute approximate surface area is 139 Å². The van der Waals surface area contributed by atoms with Gasteiger partial charge in [-0.25, -0.2) is 0 Å². The molecule has 1 aliphatic carbocycles. The van der Waals surface area contributed by atoms with E-state index in [1.165, 1.54) is 21.9 Å². The van der Waals surface area contributed by atoms with Crippen molar-refractivity contribution in [2.45, 2.75) is 6.42 Å². The van der Waals surface area contributed by atoms with Crippen molar-refractivity contribution in [3.05, 3.63) is 89.0 Å². The third kappa shape index (κ3) is 2.40. The Balaban J connectivity index is 0.000000123. The highest BCUT2D eigenvalue weighted by molar-refractivity contribution is 6.21. The SMILES string of the molecule is C1=Cc2cccc3cccc(c23)C1.O=C1NC(=O)c2ccccc21. The van der Waals surface area contributed by atoms with Crippen LogP contribution in [0, 0.1) is 0 Å². The molecule has 2 aliphatic rings. The molecule has 1 heterocycles. The van der Waals surface area contributed by atoms with Crippen LogP contribution in [0.25, 0.3) is 16.8 Å². The third-order valence-electron chi connectivity index (χ3n) is 4.30. The highest BCUT2D eigenvalue weighted by Crippen LogP contribution is 2.27. The molecule has 0 saturated heterocycles. The van der Waals surface area contributed by atoms with Crippen LogP contribution < -0.4 is 5.32 Å². The van der Waals surface area contributed by atoms with Crippen LogP contribution in [0.15, 0.2) is 66.7 Å². The molecule has 0 atom stereocenters. The lowest BCUT2D eigenvalue weighted by atomic mass is 9.93. The minimum Gasteiger partial charge on any atom is -0.288 e. The lowest BCUT2D eigenvalue weighted by molar-refractivity contribution is 0.0879. The van der Waals surface area contributed by atoms with Gasteiger partial charge in [0.25, 0.3) is 11.8 Å². The van der Waals surface area contributed by atoms with E-state index in [1.54, 1.807) is 24.3 Å². The maximum atomic E-state index is 10.9. The molecule has 0 spiro atoms. The van der Waals surface area contributed by atoms with E-state index < -0.39 is 0 Å². The van der Waals surface area contributed by atoms with Gasteiger partial charge in [0.1, 0.15) is 0 Å². The highest BCUT2D eigenvalue weighted by Gasteiger charge is 2.25. The fourth-order valence-corrected chi connectivity index (χ4v) is 3.19. The lowest BCUT2D eigenvalue weighted by Crippen LogP contribution is -2.19. The molecule has 3 nitrogen and oxygen atoms in total. The van der Waals surface area contributed by atoms with Crippen molar-refractivity contribution in [3.8, 4) is 0 Å². The smallest absolute Gasteiger partial charge is 0.258 e. The zero-order chi connectivity index (χ0) is 16.5. The number of hydrogen-bond acceptors (Lipinski definition) is 2. The molecule has 3 aromatic carbocycles. The van der Waals surface area contributed by atoms with Crippen molar-refractivity contribution in [3.63, 3.8) is 0 Å². The predicted octanol–water partition coefficient (Wildman–Crippen LogP) is 3.98. The van der Waals surface area contributed by atoms with E-state index in [0.29, 0.717) is 11.1 Å². The van der Waals surface area contributed by atoms with Crippen molar-refractivity contribution in [1.29, 1.82) is 0 Å². The van der Waals surface area contributed by atoms with Crippen LogP contribution in [0.2, 0.25) is 0 Å². The van der Waals surface area contributed by atoms with Crippen molar-refractivity contribution < 1.29 is 9.59 Å².